The number of rotatable bonds is 11. The zero-order valence-electron chi connectivity index (χ0n) is 15.6. The van der Waals surface area contributed by atoms with Crippen molar-refractivity contribution >= 4 is 17.6 Å². The van der Waals surface area contributed by atoms with E-state index in [-0.39, 0.29) is 17.4 Å². The third-order valence-electron chi connectivity index (χ3n) is 4.24. The second-order valence-electron chi connectivity index (χ2n) is 6.19. The van der Waals surface area contributed by atoms with Crippen molar-refractivity contribution in [1.82, 2.24) is 9.55 Å². The molecule has 2 heterocycles. The summed E-state index contributed by atoms with van der Waals surface area (Å²) in [5.41, 5.74) is -0.254. The second kappa shape index (κ2) is 10.8. The molecule has 1 aromatic rings. The average Bonchev–Trinajstić information content (AvgIpc) is 3.08. The van der Waals surface area contributed by atoms with Crippen molar-refractivity contribution in [2.75, 3.05) is 37.0 Å². The van der Waals surface area contributed by atoms with Crippen LogP contribution in [0.4, 0.5) is 5.82 Å². The molecule has 1 saturated heterocycles. The molecule has 0 unspecified atom stereocenters. The van der Waals surface area contributed by atoms with Crippen LogP contribution in [0.5, 0.6) is 0 Å². The minimum atomic E-state index is -0.260. The van der Waals surface area contributed by atoms with Crippen molar-refractivity contribution in [3.05, 3.63) is 22.7 Å². The molecule has 6 nitrogen and oxygen atoms in total. The monoisotopic (exact) mass is 369 g/mol. The van der Waals surface area contributed by atoms with Gasteiger partial charge in [-0.1, -0.05) is 26.7 Å². The van der Waals surface area contributed by atoms with E-state index in [1.165, 1.54) is 0 Å². The molecule has 0 spiro atoms. The van der Waals surface area contributed by atoms with Gasteiger partial charge < -0.3 is 14.4 Å². The van der Waals surface area contributed by atoms with Gasteiger partial charge >= 0.3 is 5.69 Å². The van der Waals surface area contributed by atoms with Crippen LogP contribution in [-0.2, 0) is 9.47 Å². The summed E-state index contributed by atoms with van der Waals surface area (Å²) in [7, 11) is 0. The molecular formula is C18H31N3O3S. The minimum absolute atomic E-state index is 0.00914. The molecule has 25 heavy (non-hydrogen) atoms. The average molecular weight is 370 g/mol. The fraction of sp³-hybridized carbons (Fsp3) is 0.778. The number of anilines is 1. The van der Waals surface area contributed by atoms with E-state index >= 15 is 0 Å². The summed E-state index contributed by atoms with van der Waals surface area (Å²) in [5.74, 6) is 1.50. The predicted octanol–water partition coefficient (Wildman–Crippen LogP) is 3.27. The maximum Gasteiger partial charge on any atom is 0.351 e. The Morgan fingerprint density at radius 2 is 2.16 bits per heavy atom. The van der Waals surface area contributed by atoms with Crippen molar-refractivity contribution in [2.45, 2.75) is 58.1 Å². The Bertz CT molecular complexity index is 567. The third-order valence-corrected chi connectivity index (χ3v) is 5.34. The Labute approximate surface area is 154 Å². The predicted molar refractivity (Wildman–Crippen MR) is 103 cm³/mol. The summed E-state index contributed by atoms with van der Waals surface area (Å²) < 4.78 is 13.2. The van der Waals surface area contributed by atoms with E-state index in [0.717, 1.165) is 57.0 Å². The lowest BCUT2D eigenvalue weighted by molar-refractivity contribution is -0.0250. The van der Waals surface area contributed by atoms with Gasteiger partial charge in [-0.3, -0.25) is 4.57 Å². The minimum Gasteiger partial charge on any atom is -0.378 e. The number of thioether (sulfide) groups is 1. The highest BCUT2D eigenvalue weighted by Crippen LogP contribution is 2.31. The molecule has 0 aliphatic carbocycles. The van der Waals surface area contributed by atoms with Gasteiger partial charge in [0, 0.05) is 31.6 Å². The van der Waals surface area contributed by atoms with Crippen molar-refractivity contribution in [1.29, 1.82) is 0 Å². The third kappa shape index (κ3) is 6.01. The van der Waals surface area contributed by atoms with E-state index in [1.54, 1.807) is 16.3 Å². The van der Waals surface area contributed by atoms with Crippen LogP contribution in [0.1, 0.15) is 52.7 Å². The zero-order valence-corrected chi connectivity index (χ0v) is 16.5. The first kappa shape index (κ1) is 20.3. The molecule has 1 aliphatic rings. The molecule has 0 saturated carbocycles. The van der Waals surface area contributed by atoms with Crippen LogP contribution in [0, 0.1) is 0 Å². The molecule has 0 aromatic carbocycles. The SMILES string of the molecule is CCCCOC[C@H]1O[C@@H](n2ccc(N(CC)CCCC)nc2=O)CS1. The van der Waals surface area contributed by atoms with E-state index in [0.29, 0.717) is 6.61 Å². The van der Waals surface area contributed by atoms with Gasteiger partial charge in [0.2, 0.25) is 0 Å². The number of hydrogen-bond acceptors (Lipinski definition) is 6. The van der Waals surface area contributed by atoms with Gasteiger partial charge in [-0.05, 0) is 25.8 Å². The van der Waals surface area contributed by atoms with Gasteiger partial charge in [0.25, 0.3) is 0 Å². The summed E-state index contributed by atoms with van der Waals surface area (Å²) in [5, 5.41) is 0. The van der Waals surface area contributed by atoms with Gasteiger partial charge in [0.1, 0.15) is 17.5 Å². The fourth-order valence-electron chi connectivity index (χ4n) is 2.69. The highest BCUT2D eigenvalue weighted by atomic mass is 32.2. The molecule has 2 atom stereocenters. The lowest BCUT2D eigenvalue weighted by Gasteiger charge is -2.22. The first-order chi connectivity index (χ1) is 12.2. The van der Waals surface area contributed by atoms with E-state index < -0.39 is 0 Å². The van der Waals surface area contributed by atoms with E-state index in [1.807, 2.05) is 12.3 Å². The molecule has 1 fully saturated rings. The zero-order chi connectivity index (χ0) is 18.1. The molecule has 0 radical (unpaired) electrons. The second-order valence-corrected chi connectivity index (χ2v) is 7.38. The standard InChI is InChI=1S/C18H31N3O3S/c1-4-7-10-20(6-3)15-9-11-21(18(22)19-15)16-14-25-17(24-16)13-23-12-8-5-2/h9,11,16-17H,4-8,10,12-14H2,1-3H3/t16-,17+/m1/s1. The van der Waals surface area contributed by atoms with Crippen molar-refractivity contribution in [2.24, 2.45) is 0 Å². The summed E-state index contributed by atoms with van der Waals surface area (Å²) >= 11 is 1.69. The van der Waals surface area contributed by atoms with Gasteiger partial charge in [-0.2, -0.15) is 4.98 Å². The lowest BCUT2D eigenvalue weighted by Crippen LogP contribution is -2.32. The summed E-state index contributed by atoms with van der Waals surface area (Å²) in [6, 6.07) is 1.92. The maximum absolute atomic E-state index is 12.4. The number of ether oxygens (including phenoxy) is 2. The molecule has 0 N–H and O–H groups in total. The number of nitrogens with zero attached hydrogens (tertiary/aromatic N) is 3. The first-order valence-electron chi connectivity index (χ1n) is 9.38. The molecular weight excluding hydrogens is 338 g/mol. The molecule has 2 rings (SSSR count). The van der Waals surface area contributed by atoms with Gasteiger partial charge in [0.15, 0.2) is 0 Å². The normalized spacial score (nSPS) is 20.1. The lowest BCUT2D eigenvalue weighted by atomic mass is 10.3. The largest absolute Gasteiger partial charge is 0.378 e. The summed E-state index contributed by atoms with van der Waals surface area (Å²) in [6.45, 7) is 9.51. The van der Waals surface area contributed by atoms with Crippen molar-refractivity contribution in [3.63, 3.8) is 0 Å². The Kier molecular flexibility index (Phi) is 8.78. The Morgan fingerprint density at radius 3 is 2.84 bits per heavy atom. The van der Waals surface area contributed by atoms with Crippen LogP contribution < -0.4 is 10.6 Å². The Morgan fingerprint density at radius 1 is 1.36 bits per heavy atom. The number of aromatic nitrogens is 2. The highest BCUT2D eigenvalue weighted by Gasteiger charge is 2.28. The van der Waals surface area contributed by atoms with Gasteiger partial charge in [0.05, 0.1) is 6.61 Å². The maximum atomic E-state index is 12.4. The molecule has 0 bridgehead atoms. The van der Waals surface area contributed by atoms with E-state index in [9.17, 15) is 4.79 Å². The van der Waals surface area contributed by atoms with Crippen LogP contribution >= 0.6 is 11.8 Å². The van der Waals surface area contributed by atoms with Crippen molar-refractivity contribution < 1.29 is 9.47 Å². The molecule has 1 aromatic heterocycles. The van der Waals surface area contributed by atoms with Crippen LogP contribution in [0.3, 0.4) is 0 Å². The van der Waals surface area contributed by atoms with E-state index in [2.05, 4.69) is 30.7 Å². The number of hydrogen-bond donors (Lipinski definition) is 0. The first-order valence-corrected chi connectivity index (χ1v) is 10.4. The molecule has 1 aliphatic heterocycles. The summed E-state index contributed by atoms with van der Waals surface area (Å²) in [6.07, 6.45) is 5.97. The molecule has 7 heteroatoms. The quantitative estimate of drug-likeness (QED) is 0.558. The fourth-order valence-corrected chi connectivity index (χ4v) is 3.70. The van der Waals surface area contributed by atoms with Crippen LogP contribution in [0.15, 0.2) is 17.1 Å². The van der Waals surface area contributed by atoms with Crippen molar-refractivity contribution in [3.8, 4) is 0 Å². The van der Waals surface area contributed by atoms with E-state index in [4.69, 9.17) is 9.47 Å². The molecule has 142 valence electrons. The Balaban J connectivity index is 1.93. The molecule has 0 amide bonds. The number of unbranched alkanes of at least 4 members (excludes halogenated alkanes) is 2. The van der Waals surface area contributed by atoms with Crippen LogP contribution in [-0.4, -0.2) is 47.0 Å². The van der Waals surface area contributed by atoms with Gasteiger partial charge in [-0.15, -0.1) is 11.8 Å². The van der Waals surface area contributed by atoms with Crippen LogP contribution in [0.25, 0.3) is 0 Å². The smallest absolute Gasteiger partial charge is 0.351 e. The highest BCUT2D eigenvalue weighted by molar-refractivity contribution is 8.00. The van der Waals surface area contributed by atoms with Gasteiger partial charge in [-0.25, -0.2) is 4.79 Å². The topological polar surface area (TPSA) is 56.6 Å². The summed E-state index contributed by atoms with van der Waals surface area (Å²) in [4.78, 5) is 18.8. The Hall–Kier alpha value is -1.05. The van der Waals surface area contributed by atoms with Crippen LogP contribution in [0.2, 0.25) is 0 Å².